The van der Waals surface area contributed by atoms with E-state index in [4.69, 9.17) is 0 Å². The van der Waals surface area contributed by atoms with E-state index in [1.807, 2.05) is 0 Å². The van der Waals surface area contributed by atoms with Crippen molar-refractivity contribution in [3.63, 3.8) is 0 Å². The smallest absolute Gasteiger partial charge is 0.0162 e. The Labute approximate surface area is 183 Å². The van der Waals surface area contributed by atoms with E-state index in [0.29, 0.717) is 0 Å². The minimum Gasteiger partial charge on any atom is -0.0625 e. The number of hydrogen-bond acceptors (Lipinski definition) is 0. The second-order valence-corrected chi connectivity index (χ2v) is 9.65. The van der Waals surface area contributed by atoms with E-state index in [-0.39, 0.29) is 0 Å². The fourth-order valence-corrected chi connectivity index (χ4v) is 5.13. The van der Waals surface area contributed by atoms with E-state index in [9.17, 15) is 0 Å². The molecule has 0 unspecified atom stereocenters. The Morgan fingerprint density at radius 1 is 0.667 bits per heavy atom. The molecule has 0 N–H and O–H groups in total. The van der Waals surface area contributed by atoms with Gasteiger partial charge in [-0.2, -0.15) is 0 Å². The first-order valence-electron chi connectivity index (χ1n) is 11.8. The van der Waals surface area contributed by atoms with Gasteiger partial charge in [-0.3, -0.25) is 0 Å². The van der Waals surface area contributed by atoms with Gasteiger partial charge in [-0.05, 0) is 97.2 Å². The lowest BCUT2D eigenvalue weighted by Gasteiger charge is -2.27. The molecule has 1 aliphatic carbocycles. The van der Waals surface area contributed by atoms with Crippen LogP contribution in [0.1, 0.15) is 71.9 Å². The van der Waals surface area contributed by atoms with Gasteiger partial charge in [0.15, 0.2) is 0 Å². The summed E-state index contributed by atoms with van der Waals surface area (Å²) < 4.78 is 0. The summed E-state index contributed by atoms with van der Waals surface area (Å²) in [6.45, 7) is 9.18. The summed E-state index contributed by atoms with van der Waals surface area (Å²) in [5.41, 5.74) is 11.4. The highest BCUT2D eigenvalue weighted by atomic mass is 14.3. The van der Waals surface area contributed by atoms with E-state index in [1.54, 1.807) is 11.1 Å². The molecule has 0 aromatic heterocycles. The second-order valence-electron chi connectivity index (χ2n) is 9.65. The maximum absolute atomic E-state index is 2.49. The number of aryl methyl sites for hydroxylation is 4. The fraction of sp³-hybridized carbons (Fsp3) is 0.400. The maximum atomic E-state index is 2.49. The predicted molar refractivity (Wildman–Crippen MR) is 130 cm³/mol. The highest BCUT2D eigenvalue weighted by Crippen LogP contribution is 2.37. The molecular formula is C30H36. The highest BCUT2D eigenvalue weighted by Gasteiger charge is 2.20. The average Bonchev–Trinajstić information content (AvgIpc) is 2.74. The lowest BCUT2D eigenvalue weighted by molar-refractivity contribution is 0.348. The molecular weight excluding hydrogens is 360 g/mol. The molecule has 3 aromatic carbocycles. The Balaban J connectivity index is 1.42. The molecule has 0 radical (unpaired) electrons. The predicted octanol–water partition coefficient (Wildman–Crippen LogP) is 8.36. The quantitative estimate of drug-likeness (QED) is 0.406. The molecule has 0 heteroatoms. The van der Waals surface area contributed by atoms with E-state index in [0.717, 1.165) is 24.7 Å². The molecule has 3 aromatic rings. The number of rotatable bonds is 5. The van der Waals surface area contributed by atoms with Crippen molar-refractivity contribution < 1.29 is 0 Å². The lowest BCUT2D eigenvalue weighted by atomic mass is 9.78. The normalized spacial score (nSPS) is 19.1. The zero-order valence-electron chi connectivity index (χ0n) is 19.2. The molecule has 0 heterocycles. The third kappa shape index (κ3) is 4.86. The summed E-state index contributed by atoms with van der Waals surface area (Å²) >= 11 is 0. The molecule has 0 amide bonds. The van der Waals surface area contributed by atoms with Crippen LogP contribution in [0.4, 0.5) is 0 Å². The molecule has 4 rings (SSSR count). The Bertz CT molecular complexity index is 945. The van der Waals surface area contributed by atoms with Crippen molar-refractivity contribution in [1.82, 2.24) is 0 Å². The van der Waals surface area contributed by atoms with Gasteiger partial charge in [0, 0.05) is 0 Å². The number of benzene rings is 3. The molecule has 1 fully saturated rings. The van der Waals surface area contributed by atoms with Crippen molar-refractivity contribution in [2.24, 2.45) is 5.92 Å². The number of hydrogen-bond donors (Lipinski definition) is 0. The van der Waals surface area contributed by atoms with Crippen molar-refractivity contribution >= 4 is 0 Å². The van der Waals surface area contributed by atoms with Gasteiger partial charge >= 0.3 is 0 Å². The molecule has 0 bridgehead atoms. The maximum Gasteiger partial charge on any atom is -0.0162 e. The van der Waals surface area contributed by atoms with Gasteiger partial charge in [-0.1, -0.05) is 86.0 Å². The SMILES string of the molecule is Cc1ccc(-c2ccc(CCc3c(C)cc(C4CCC(C)CC4)cc3C)cc2)cc1. The first-order chi connectivity index (χ1) is 14.5. The van der Waals surface area contributed by atoms with Crippen LogP contribution in [0, 0.1) is 26.7 Å². The largest absolute Gasteiger partial charge is 0.0625 e. The average molecular weight is 397 g/mol. The van der Waals surface area contributed by atoms with Crippen molar-refractivity contribution in [3.8, 4) is 11.1 Å². The molecule has 0 saturated heterocycles. The third-order valence-electron chi connectivity index (χ3n) is 7.21. The first-order valence-corrected chi connectivity index (χ1v) is 11.8. The summed E-state index contributed by atoms with van der Waals surface area (Å²) in [4.78, 5) is 0. The Morgan fingerprint density at radius 3 is 1.77 bits per heavy atom. The van der Waals surface area contributed by atoms with Gasteiger partial charge in [0.2, 0.25) is 0 Å². The van der Waals surface area contributed by atoms with Crippen molar-refractivity contribution in [2.75, 3.05) is 0 Å². The fourth-order valence-electron chi connectivity index (χ4n) is 5.13. The van der Waals surface area contributed by atoms with E-state index >= 15 is 0 Å². The summed E-state index contributed by atoms with van der Waals surface area (Å²) in [6.07, 6.45) is 7.76. The molecule has 156 valence electrons. The van der Waals surface area contributed by atoms with Gasteiger partial charge in [0.25, 0.3) is 0 Å². The first kappa shape index (κ1) is 20.9. The van der Waals surface area contributed by atoms with Gasteiger partial charge in [0.1, 0.15) is 0 Å². The zero-order valence-corrected chi connectivity index (χ0v) is 19.2. The van der Waals surface area contributed by atoms with Crippen molar-refractivity contribution in [2.45, 2.75) is 72.1 Å². The molecule has 1 aliphatic rings. The van der Waals surface area contributed by atoms with Crippen LogP contribution in [0.5, 0.6) is 0 Å². The topological polar surface area (TPSA) is 0 Å². The van der Waals surface area contributed by atoms with Gasteiger partial charge in [-0.25, -0.2) is 0 Å². The summed E-state index contributed by atoms with van der Waals surface area (Å²) in [7, 11) is 0. The van der Waals surface area contributed by atoms with Crippen LogP contribution in [0.3, 0.4) is 0 Å². The minimum absolute atomic E-state index is 0.780. The highest BCUT2D eigenvalue weighted by molar-refractivity contribution is 5.63. The summed E-state index contributed by atoms with van der Waals surface area (Å²) in [5, 5.41) is 0. The Hall–Kier alpha value is -2.34. The van der Waals surface area contributed by atoms with Crippen molar-refractivity contribution in [3.05, 3.63) is 94.0 Å². The van der Waals surface area contributed by atoms with Gasteiger partial charge in [0.05, 0.1) is 0 Å². The Kier molecular flexibility index (Phi) is 6.42. The summed E-state index contributed by atoms with van der Waals surface area (Å²) in [5.74, 6) is 1.70. The van der Waals surface area contributed by atoms with Crippen LogP contribution in [-0.4, -0.2) is 0 Å². The van der Waals surface area contributed by atoms with Crippen molar-refractivity contribution in [1.29, 1.82) is 0 Å². The van der Waals surface area contributed by atoms with Crippen LogP contribution >= 0.6 is 0 Å². The van der Waals surface area contributed by atoms with Crippen LogP contribution in [0.2, 0.25) is 0 Å². The second kappa shape index (κ2) is 9.21. The molecule has 0 nitrogen and oxygen atoms in total. The van der Waals surface area contributed by atoms with Gasteiger partial charge in [-0.15, -0.1) is 0 Å². The molecule has 0 atom stereocenters. The lowest BCUT2D eigenvalue weighted by Crippen LogP contribution is -2.11. The molecule has 1 saturated carbocycles. The third-order valence-corrected chi connectivity index (χ3v) is 7.21. The van der Waals surface area contributed by atoms with Crippen LogP contribution in [0.15, 0.2) is 60.7 Å². The van der Waals surface area contributed by atoms with E-state index in [1.165, 1.54) is 59.1 Å². The van der Waals surface area contributed by atoms with Gasteiger partial charge < -0.3 is 0 Å². The van der Waals surface area contributed by atoms with Crippen LogP contribution in [-0.2, 0) is 12.8 Å². The van der Waals surface area contributed by atoms with E-state index < -0.39 is 0 Å². The molecule has 30 heavy (non-hydrogen) atoms. The zero-order chi connectivity index (χ0) is 21.1. The standard InChI is InChI=1S/C30H36/c1-21-5-12-26(13-6-21)27-16-9-25(10-17-27)11-18-30-23(3)19-29(20-24(30)4)28-14-7-22(2)8-15-28/h5-6,9-10,12-13,16-17,19-20,22,28H,7-8,11,14-15,18H2,1-4H3. The van der Waals surface area contributed by atoms with Crippen LogP contribution in [0.25, 0.3) is 11.1 Å². The van der Waals surface area contributed by atoms with Crippen LogP contribution < -0.4 is 0 Å². The monoisotopic (exact) mass is 396 g/mol. The molecule has 0 spiro atoms. The molecule has 0 aliphatic heterocycles. The summed E-state index contributed by atoms with van der Waals surface area (Å²) in [6, 6.07) is 22.9. The minimum atomic E-state index is 0.780. The Morgan fingerprint density at radius 2 is 1.20 bits per heavy atom. The van der Waals surface area contributed by atoms with E-state index in [2.05, 4.69) is 88.4 Å².